The predicted molar refractivity (Wildman–Crippen MR) is 93.2 cm³/mol. The van der Waals surface area contributed by atoms with Gasteiger partial charge in [-0.3, -0.25) is 9.59 Å². The largest absolute Gasteiger partial charge is 0.493 e. The average molecular weight is 346 g/mol. The molecule has 3 saturated heterocycles. The molecule has 1 aromatic rings. The van der Waals surface area contributed by atoms with E-state index in [1.807, 2.05) is 40.1 Å². The summed E-state index contributed by atoms with van der Waals surface area (Å²) in [6, 6.07) is 9.61. The van der Waals surface area contributed by atoms with Crippen molar-refractivity contribution < 1.29 is 19.1 Å². The lowest BCUT2D eigenvalue weighted by molar-refractivity contribution is -0.140. The van der Waals surface area contributed by atoms with E-state index in [9.17, 15) is 9.59 Å². The average Bonchev–Trinajstić information content (AvgIpc) is 2.92. The monoisotopic (exact) mass is 346 g/mol. The van der Waals surface area contributed by atoms with Crippen molar-refractivity contribution in [2.75, 3.05) is 40.0 Å². The summed E-state index contributed by atoms with van der Waals surface area (Å²) < 4.78 is 10.7. The zero-order valence-electron chi connectivity index (χ0n) is 14.7. The lowest BCUT2D eigenvalue weighted by atomic mass is 9.94. The maximum Gasteiger partial charge on any atom is 0.227 e. The van der Waals surface area contributed by atoms with Gasteiger partial charge in [0.2, 0.25) is 11.8 Å². The number of carbonyl (C=O) groups excluding carboxylic acids is 2. The fourth-order valence-electron chi connectivity index (χ4n) is 3.66. The third-order valence-electron chi connectivity index (χ3n) is 5.01. The van der Waals surface area contributed by atoms with Crippen LogP contribution >= 0.6 is 0 Å². The summed E-state index contributed by atoms with van der Waals surface area (Å²) >= 11 is 0. The summed E-state index contributed by atoms with van der Waals surface area (Å²) in [5.41, 5.74) is 0. The molecule has 0 unspecified atom stereocenters. The Hall–Kier alpha value is -2.08. The molecule has 6 nitrogen and oxygen atoms in total. The molecule has 136 valence electrons. The van der Waals surface area contributed by atoms with Crippen LogP contribution in [0.5, 0.6) is 5.75 Å². The van der Waals surface area contributed by atoms with Gasteiger partial charge in [-0.25, -0.2) is 0 Å². The van der Waals surface area contributed by atoms with E-state index in [0.29, 0.717) is 39.3 Å². The van der Waals surface area contributed by atoms with Crippen LogP contribution in [0.3, 0.4) is 0 Å². The first kappa shape index (κ1) is 17.7. The summed E-state index contributed by atoms with van der Waals surface area (Å²) in [5, 5.41) is 0. The SMILES string of the molecule is COCCN1C(=O)[C@H]2CC[C@@H]1CN(C(=O)CCOc1ccccc1)C2. The first-order valence-electron chi connectivity index (χ1n) is 8.94. The molecule has 6 heteroatoms. The predicted octanol–water partition coefficient (Wildman–Crippen LogP) is 1.55. The van der Waals surface area contributed by atoms with Crippen molar-refractivity contribution >= 4 is 11.8 Å². The van der Waals surface area contributed by atoms with Crippen molar-refractivity contribution in [2.45, 2.75) is 25.3 Å². The van der Waals surface area contributed by atoms with Crippen LogP contribution in [0.25, 0.3) is 0 Å². The lowest BCUT2D eigenvalue weighted by Crippen LogP contribution is -2.49. The van der Waals surface area contributed by atoms with Gasteiger partial charge in [-0.15, -0.1) is 0 Å². The van der Waals surface area contributed by atoms with Crippen molar-refractivity contribution in [3.63, 3.8) is 0 Å². The van der Waals surface area contributed by atoms with Gasteiger partial charge in [-0.2, -0.15) is 0 Å². The summed E-state index contributed by atoms with van der Waals surface area (Å²) in [6.45, 7) is 2.65. The van der Waals surface area contributed by atoms with Crippen LogP contribution < -0.4 is 4.74 Å². The Morgan fingerprint density at radius 2 is 1.96 bits per heavy atom. The second-order valence-corrected chi connectivity index (χ2v) is 6.66. The second-order valence-electron chi connectivity index (χ2n) is 6.66. The maximum absolute atomic E-state index is 12.6. The second kappa shape index (κ2) is 8.34. The number of rotatable bonds is 7. The molecule has 2 amide bonds. The van der Waals surface area contributed by atoms with Crippen LogP contribution in [-0.2, 0) is 14.3 Å². The molecule has 1 aromatic carbocycles. The number of nitrogens with zero attached hydrogens (tertiary/aromatic N) is 2. The maximum atomic E-state index is 12.6. The van der Waals surface area contributed by atoms with Gasteiger partial charge < -0.3 is 19.3 Å². The Morgan fingerprint density at radius 1 is 1.16 bits per heavy atom. The van der Waals surface area contributed by atoms with Crippen molar-refractivity contribution in [2.24, 2.45) is 5.92 Å². The molecule has 3 heterocycles. The van der Waals surface area contributed by atoms with E-state index in [2.05, 4.69) is 0 Å². The number of ether oxygens (including phenoxy) is 2. The van der Waals surface area contributed by atoms with E-state index in [0.717, 1.165) is 18.6 Å². The molecule has 25 heavy (non-hydrogen) atoms. The van der Waals surface area contributed by atoms with E-state index in [1.54, 1.807) is 7.11 Å². The fraction of sp³-hybridized carbons (Fsp3) is 0.579. The van der Waals surface area contributed by atoms with Crippen molar-refractivity contribution in [3.05, 3.63) is 30.3 Å². The quantitative estimate of drug-likeness (QED) is 0.752. The minimum absolute atomic E-state index is 0.0641. The lowest BCUT2D eigenvalue weighted by Gasteiger charge is -2.35. The molecule has 0 radical (unpaired) electrons. The van der Waals surface area contributed by atoms with Crippen LogP contribution in [0.4, 0.5) is 0 Å². The molecule has 3 aliphatic heterocycles. The van der Waals surface area contributed by atoms with E-state index >= 15 is 0 Å². The number of piperidine rings is 1. The molecular formula is C19H26N2O4. The van der Waals surface area contributed by atoms with Crippen molar-refractivity contribution in [3.8, 4) is 5.75 Å². The molecule has 0 aromatic heterocycles. The standard InChI is InChI=1S/C19H26N2O4/c1-24-12-10-21-16-8-7-15(19(21)23)13-20(14-16)18(22)9-11-25-17-5-3-2-4-6-17/h2-6,15-16H,7-14H2,1H3/t15-,16+/m0/s1. The Labute approximate surface area is 148 Å². The van der Waals surface area contributed by atoms with E-state index in [-0.39, 0.29) is 23.8 Å². The van der Waals surface area contributed by atoms with Crippen LogP contribution in [0.15, 0.2) is 30.3 Å². The number of hydrogen-bond acceptors (Lipinski definition) is 4. The number of methoxy groups -OCH3 is 1. The van der Waals surface area contributed by atoms with Crippen LogP contribution in [0.2, 0.25) is 0 Å². The third-order valence-corrected chi connectivity index (χ3v) is 5.01. The van der Waals surface area contributed by atoms with Gasteiger partial charge in [0.1, 0.15) is 5.75 Å². The van der Waals surface area contributed by atoms with Gasteiger partial charge in [0.05, 0.1) is 25.6 Å². The van der Waals surface area contributed by atoms with E-state index in [4.69, 9.17) is 9.47 Å². The Bertz CT molecular complexity index is 592. The van der Waals surface area contributed by atoms with Gasteiger partial charge in [-0.1, -0.05) is 18.2 Å². The third kappa shape index (κ3) is 4.31. The Balaban J connectivity index is 1.54. The van der Waals surface area contributed by atoms with Crippen LogP contribution in [0.1, 0.15) is 19.3 Å². The molecule has 2 bridgehead atoms. The first-order chi connectivity index (χ1) is 12.2. The summed E-state index contributed by atoms with van der Waals surface area (Å²) in [6.07, 6.45) is 2.17. The molecule has 3 aliphatic rings. The number of carbonyl (C=O) groups is 2. The summed E-state index contributed by atoms with van der Waals surface area (Å²) in [7, 11) is 1.64. The molecular weight excluding hydrogens is 320 g/mol. The normalized spacial score (nSPS) is 22.8. The van der Waals surface area contributed by atoms with Gasteiger partial charge in [-0.05, 0) is 25.0 Å². The number of benzene rings is 1. The molecule has 2 atom stereocenters. The van der Waals surface area contributed by atoms with Gasteiger partial charge in [0.15, 0.2) is 0 Å². The Kier molecular flexibility index (Phi) is 5.91. The van der Waals surface area contributed by atoms with Crippen molar-refractivity contribution in [1.82, 2.24) is 9.80 Å². The topological polar surface area (TPSA) is 59.1 Å². The molecule has 4 rings (SSSR count). The number of hydrogen-bond donors (Lipinski definition) is 0. The first-order valence-corrected chi connectivity index (χ1v) is 8.94. The highest BCUT2D eigenvalue weighted by atomic mass is 16.5. The van der Waals surface area contributed by atoms with E-state index < -0.39 is 0 Å². The molecule has 0 N–H and O–H groups in total. The number of amides is 2. The highest BCUT2D eigenvalue weighted by Gasteiger charge is 2.41. The van der Waals surface area contributed by atoms with Gasteiger partial charge in [0, 0.05) is 32.8 Å². The van der Waals surface area contributed by atoms with Crippen LogP contribution in [0, 0.1) is 5.92 Å². The highest BCUT2D eigenvalue weighted by molar-refractivity contribution is 5.83. The van der Waals surface area contributed by atoms with Crippen LogP contribution in [-0.4, -0.2) is 67.6 Å². The van der Waals surface area contributed by atoms with Gasteiger partial charge in [0.25, 0.3) is 0 Å². The fourth-order valence-corrected chi connectivity index (χ4v) is 3.66. The smallest absolute Gasteiger partial charge is 0.227 e. The summed E-state index contributed by atoms with van der Waals surface area (Å²) in [4.78, 5) is 28.9. The molecule has 0 aliphatic carbocycles. The number of para-hydroxylation sites is 1. The highest BCUT2D eigenvalue weighted by Crippen LogP contribution is 2.29. The zero-order valence-corrected chi connectivity index (χ0v) is 14.7. The molecule has 0 spiro atoms. The summed E-state index contributed by atoms with van der Waals surface area (Å²) in [5.74, 6) is 0.931. The Morgan fingerprint density at radius 3 is 2.72 bits per heavy atom. The molecule has 0 saturated carbocycles. The minimum atomic E-state index is -0.0744. The number of fused-ring (bicyclic) bond motifs is 4. The van der Waals surface area contributed by atoms with E-state index in [1.165, 1.54) is 0 Å². The molecule has 3 fully saturated rings. The van der Waals surface area contributed by atoms with Gasteiger partial charge >= 0.3 is 0 Å². The zero-order chi connectivity index (χ0) is 17.6. The minimum Gasteiger partial charge on any atom is -0.493 e. The van der Waals surface area contributed by atoms with Crippen molar-refractivity contribution in [1.29, 1.82) is 0 Å².